The highest BCUT2D eigenvalue weighted by molar-refractivity contribution is 6.07. The van der Waals surface area contributed by atoms with Crippen LogP contribution in [0.1, 0.15) is 57.1 Å². The van der Waals surface area contributed by atoms with Gasteiger partial charge in [-0.3, -0.25) is 14.5 Å². The zero-order valence-electron chi connectivity index (χ0n) is 17.1. The van der Waals surface area contributed by atoms with Gasteiger partial charge in [0, 0.05) is 13.0 Å². The highest BCUT2D eigenvalue weighted by atomic mass is 35.5. The summed E-state index contributed by atoms with van der Waals surface area (Å²) in [6.45, 7) is 3.22. The van der Waals surface area contributed by atoms with Crippen LogP contribution in [0.25, 0.3) is 0 Å². The van der Waals surface area contributed by atoms with Crippen LogP contribution in [0.3, 0.4) is 0 Å². The van der Waals surface area contributed by atoms with Crippen LogP contribution in [0.15, 0.2) is 18.2 Å². The van der Waals surface area contributed by atoms with Crippen LogP contribution in [-0.2, 0) is 9.59 Å². The van der Waals surface area contributed by atoms with E-state index in [4.69, 9.17) is 9.47 Å². The van der Waals surface area contributed by atoms with Crippen molar-refractivity contribution in [3.63, 3.8) is 0 Å². The smallest absolute Gasteiger partial charge is 0.325 e. The molecular formula is C21H28ClN3O5. The average molecular weight is 438 g/mol. The number of imide groups is 1. The van der Waals surface area contributed by atoms with Gasteiger partial charge in [-0.1, -0.05) is 18.9 Å². The van der Waals surface area contributed by atoms with Gasteiger partial charge in [0.15, 0.2) is 11.5 Å². The van der Waals surface area contributed by atoms with E-state index in [-0.39, 0.29) is 49.3 Å². The Morgan fingerprint density at radius 2 is 1.90 bits per heavy atom. The number of hydrogen-bond acceptors (Lipinski definition) is 5. The number of amides is 4. The largest absolute Gasteiger partial charge is 0.486 e. The second-order valence-corrected chi connectivity index (χ2v) is 7.97. The number of hydrogen-bond donors (Lipinski definition) is 2. The number of fused-ring (bicyclic) bond motifs is 1. The zero-order chi connectivity index (χ0) is 20.4. The Morgan fingerprint density at radius 1 is 1.20 bits per heavy atom. The zero-order valence-corrected chi connectivity index (χ0v) is 17.9. The summed E-state index contributed by atoms with van der Waals surface area (Å²) in [4.78, 5) is 38.4. The maximum atomic E-state index is 12.6. The summed E-state index contributed by atoms with van der Waals surface area (Å²) >= 11 is 0. The molecule has 1 aromatic rings. The van der Waals surface area contributed by atoms with Crippen LogP contribution in [0.2, 0.25) is 0 Å². The molecule has 2 aliphatic heterocycles. The number of halogens is 1. The lowest BCUT2D eigenvalue weighted by atomic mass is 9.98. The number of benzene rings is 1. The minimum atomic E-state index is -0.688. The minimum Gasteiger partial charge on any atom is -0.486 e. The minimum absolute atomic E-state index is 0. The lowest BCUT2D eigenvalue weighted by Crippen LogP contribution is -2.44. The van der Waals surface area contributed by atoms with Gasteiger partial charge in [-0.2, -0.15) is 0 Å². The summed E-state index contributed by atoms with van der Waals surface area (Å²) in [7, 11) is 0. The van der Waals surface area contributed by atoms with Crippen LogP contribution >= 0.6 is 12.4 Å². The molecule has 1 spiro atoms. The van der Waals surface area contributed by atoms with Crippen LogP contribution < -0.4 is 20.1 Å². The first kappa shape index (κ1) is 22.2. The topological polar surface area (TPSA) is 97.0 Å². The number of nitrogens with one attached hydrogen (secondary N) is 2. The number of urea groups is 1. The molecule has 30 heavy (non-hydrogen) atoms. The summed E-state index contributed by atoms with van der Waals surface area (Å²) in [5.41, 5.74) is 0.242. The van der Waals surface area contributed by atoms with E-state index in [9.17, 15) is 14.4 Å². The number of rotatable bonds is 6. The molecule has 2 heterocycles. The molecule has 1 unspecified atom stereocenters. The normalized spacial score (nSPS) is 20.0. The Hall–Kier alpha value is -2.48. The molecule has 164 valence electrons. The third kappa shape index (κ3) is 4.33. The molecule has 0 radical (unpaired) electrons. The highest BCUT2D eigenvalue weighted by Gasteiger charge is 2.52. The number of nitrogens with zero attached hydrogens (tertiary/aromatic N) is 1. The van der Waals surface area contributed by atoms with Crippen molar-refractivity contribution in [2.75, 3.05) is 19.8 Å². The van der Waals surface area contributed by atoms with E-state index in [0.29, 0.717) is 44.0 Å². The number of carbonyl (C=O) groups excluding carboxylic acids is 3. The first-order valence-corrected chi connectivity index (χ1v) is 10.3. The van der Waals surface area contributed by atoms with Gasteiger partial charge in [-0.05, 0) is 43.9 Å². The van der Waals surface area contributed by atoms with Gasteiger partial charge in [0.05, 0.1) is 6.04 Å². The predicted molar refractivity (Wildman–Crippen MR) is 112 cm³/mol. The molecule has 1 atom stereocenters. The maximum absolute atomic E-state index is 12.6. The lowest BCUT2D eigenvalue weighted by Gasteiger charge is -2.21. The monoisotopic (exact) mass is 437 g/mol. The van der Waals surface area contributed by atoms with Gasteiger partial charge >= 0.3 is 6.03 Å². The Bertz CT molecular complexity index is 825. The van der Waals surface area contributed by atoms with Crippen molar-refractivity contribution in [1.82, 2.24) is 15.5 Å². The first-order chi connectivity index (χ1) is 14.0. The van der Waals surface area contributed by atoms with Gasteiger partial charge in [0.2, 0.25) is 5.91 Å². The molecule has 0 aromatic heterocycles. The van der Waals surface area contributed by atoms with Gasteiger partial charge in [0.25, 0.3) is 5.91 Å². The van der Waals surface area contributed by atoms with Crippen LogP contribution in [0.5, 0.6) is 11.5 Å². The molecule has 2 N–H and O–H groups in total. The summed E-state index contributed by atoms with van der Waals surface area (Å²) in [6, 6.07) is 5.13. The van der Waals surface area contributed by atoms with Gasteiger partial charge in [-0.25, -0.2) is 4.79 Å². The van der Waals surface area contributed by atoms with Gasteiger partial charge in [-0.15, -0.1) is 12.4 Å². The fraction of sp³-hybridized carbons (Fsp3) is 0.571. The van der Waals surface area contributed by atoms with Gasteiger partial charge in [0.1, 0.15) is 18.8 Å². The second-order valence-electron chi connectivity index (χ2n) is 7.97. The van der Waals surface area contributed by atoms with Crippen molar-refractivity contribution in [2.24, 2.45) is 0 Å². The van der Waals surface area contributed by atoms with Crippen molar-refractivity contribution in [3.8, 4) is 11.5 Å². The van der Waals surface area contributed by atoms with Crippen LogP contribution in [-0.4, -0.2) is 48.0 Å². The molecular weight excluding hydrogens is 410 g/mol. The summed E-state index contributed by atoms with van der Waals surface area (Å²) in [6.07, 6.45) is 4.02. The molecule has 4 amide bonds. The summed E-state index contributed by atoms with van der Waals surface area (Å²) < 4.78 is 11.1. The average Bonchev–Trinajstić information content (AvgIpc) is 3.27. The predicted octanol–water partition coefficient (Wildman–Crippen LogP) is 2.70. The lowest BCUT2D eigenvalue weighted by molar-refractivity contribution is -0.131. The van der Waals surface area contributed by atoms with Crippen molar-refractivity contribution in [2.45, 2.75) is 57.0 Å². The molecule has 9 heteroatoms. The Morgan fingerprint density at radius 3 is 2.63 bits per heavy atom. The fourth-order valence-electron chi connectivity index (χ4n) is 4.32. The highest BCUT2D eigenvalue weighted by Crippen LogP contribution is 2.35. The molecule has 3 aliphatic rings. The standard InChI is InChI=1S/C21H27N3O5.ClH/c1-14(15-6-7-16-17(13-15)29-12-11-28-16)22-18(25)5-4-10-24-19(26)21(23-20(24)27)8-2-3-9-21;/h6-7,13-14H,2-5,8-12H2,1H3,(H,22,25)(H,23,27);1H. The Labute approximate surface area is 182 Å². The molecule has 1 saturated carbocycles. The SMILES string of the molecule is CC(NC(=O)CCCN1C(=O)NC2(CCCC2)C1=O)c1ccc2c(c1)OCCO2.Cl. The van der Waals surface area contributed by atoms with E-state index in [1.165, 1.54) is 4.90 Å². The molecule has 1 aromatic carbocycles. The van der Waals surface area contributed by atoms with E-state index in [0.717, 1.165) is 18.4 Å². The second kappa shape index (κ2) is 9.12. The number of carbonyl (C=O) groups is 3. The summed E-state index contributed by atoms with van der Waals surface area (Å²) in [5, 5.41) is 5.82. The molecule has 1 aliphatic carbocycles. The molecule has 8 nitrogen and oxygen atoms in total. The molecule has 4 rings (SSSR count). The van der Waals surface area contributed by atoms with Crippen molar-refractivity contribution >= 4 is 30.3 Å². The van der Waals surface area contributed by atoms with Crippen molar-refractivity contribution < 1.29 is 23.9 Å². The third-order valence-corrected chi connectivity index (χ3v) is 5.93. The Kier molecular flexibility index (Phi) is 6.75. The fourth-order valence-corrected chi connectivity index (χ4v) is 4.32. The van der Waals surface area contributed by atoms with E-state index in [1.54, 1.807) is 0 Å². The van der Waals surface area contributed by atoms with Gasteiger partial charge < -0.3 is 20.1 Å². The van der Waals surface area contributed by atoms with E-state index < -0.39 is 5.54 Å². The first-order valence-electron chi connectivity index (χ1n) is 10.3. The molecule has 1 saturated heterocycles. The molecule has 0 bridgehead atoms. The number of ether oxygens (including phenoxy) is 2. The maximum Gasteiger partial charge on any atom is 0.325 e. The van der Waals surface area contributed by atoms with Crippen molar-refractivity contribution in [1.29, 1.82) is 0 Å². The van der Waals surface area contributed by atoms with E-state index in [1.807, 2.05) is 25.1 Å². The van der Waals surface area contributed by atoms with E-state index in [2.05, 4.69) is 10.6 Å². The van der Waals surface area contributed by atoms with E-state index >= 15 is 0 Å². The van der Waals surface area contributed by atoms with Crippen LogP contribution in [0, 0.1) is 0 Å². The Balaban J connectivity index is 0.00000256. The summed E-state index contributed by atoms with van der Waals surface area (Å²) in [5.74, 6) is 1.15. The molecule has 2 fully saturated rings. The van der Waals surface area contributed by atoms with Crippen molar-refractivity contribution in [3.05, 3.63) is 23.8 Å². The van der Waals surface area contributed by atoms with Crippen LogP contribution in [0.4, 0.5) is 4.79 Å². The third-order valence-electron chi connectivity index (χ3n) is 5.93. The quantitative estimate of drug-likeness (QED) is 0.667.